The molecule has 1 aromatic carbocycles. The zero-order chi connectivity index (χ0) is 15.8. The van der Waals surface area contributed by atoms with Crippen LogP contribution in [0.2, 0.25) is 0 Å². The monoisotopic (exact) mass is 318 g/mol. The number of esters is 1. The highest BCUT2D eigenvalue weighted by molar-refractivity contribution is 6.17. The van der Waals surface area contributed by atoms with E-state index in [1.54, 1.807) is 0 Å². The minimum absolute atomic E-state index is 0.297. The number of carbonyl (C=O) groups excluding carboxylic acids is 1. The minimum atomic E-state index is -0.297. The average Bonchev–Trinajstić information content (AvgIpc) is 2.58. The molecule has 0 aromatic heterocycles. The fourth-order valence-electron chi connectivity index (χ4n) is 3.03. The van der Waals surface area contributed by atoms with Gasteiger partial charge in [0, 0.05) is 12.0 Å². The lowest BCUT2D eigenvalue weighted by Gasteiger charge is -2.27. The van der Waals surface area contributed by atoms with Crippen molar-refractivity contribution in [2.24, 2.45) is 0 Å². The van der Waals surface area contributed by atoms with Crippen LogP contribution < -0.4 is 0 Å². The van der Waals surface area contributed by atoms with Crippen molar-refractivity contribution in [3.8, 4) is 0 Å². The van der Waals surface area contributed by atoms with Gasteiger partial charge in [0.05, 0.1) is 7.11 Å². The van der Waals surface area contributed by atoms with Crippen molar-refractivity contribution in [1.82, 2.24) is 0 Å². The van der Waals surface area contributed by atoms with E-state index in [4.69, 9.17) is 11.6 Å². The molecule has 0 bridgehead atoms. The normalized spacial score (nSPS) is 18.7. The van der Waals surface area contributed by atoms with Crippen molar-refractivity contribution < 1.29 is 9.53 Å². The third-order valence-electron chi connectivity index (χ3n) is 4.21. The fourth-order valence-corrected chi connectivity index (χ4v) is 3.16. The SMILES string of the molecule is COC(=O)/C=C/C1=C(CCCCl)CC(c2ccccc2)CC1. The summed E-state index contributed by atoms with van der Waals surface area (Å²) in [6.45, 7) is 0. The highest BCUT2D eigenvalue weighted by atomic mass is 35.5. The second kappa shape index (κ2) is 8.79. The van der Waals surface area contributed by atoms with E-state index >= 15 is 0 Å². The predicted molar refractivity (Wildman–Crippen MR) is 91.2 cm³/mol. The molecule has 2 nitrogen and oxygen atoms in total. The third-order valence-corrected chi connectivity index (χ3v) is 4.48. The molecular weight excluding hydrogens is 296 g/mol. The van der Waals surface area contributed by atoms with E-state index in [0.717, 1.165) is 32.1 Å². The number of allylic oxidation sites excluding steroid dienone is 3. The van der Waals surface area contributed by atoms with Gasteiger partial charge in [-0.25, -0.2) is 4.79 Å². The molecule has 2 rings (SSSR count). The molecule has 1 atom stereocenters. The zero-order valence-corrected chi connectivity index (χ0v) is 13.8. The number of alkyl halides is 1. The van der Waals surface area contributed by atoms with E-state index in [-0.39, 0.29) is 5.97 Å². The number of methoxy groups -OCH3 is 1. The van der Waals surface area contributed by atoms with Crippen molar-refractivity contribution in [2.45, 2.75) is 38.0 Å². The molecule has 3 heteroatoms. The van der Waals surface area contributed by atoms with Gasteiger partial charge in [-0.1, -0.05) is 42.0 Å². The Morgan fingerprint density at radius 2 is 2.14 bits per heavy atom. The van der Waals surface area contributed by atoms with Crippen LogP contribution in [0.25, 0.3) is 0 Å². The highest BCUT2D eigenvalue weighted by Gasteiger charge is 2.21. The number of hydrogen-bond acceptors (Lipinski definition) is 2. The smallest absolute Gasteiger partial charge is 0.330 e. The van der Waals surface area contributed by atoms with E-state index in [1.807, 2.05) is 6.08 Å². The second-order valence-electron chi connectivity index (χ2n) is 5.63. The van der Waals surface area contributed by atoms with Gasteiger partial charge in [-0.2, -0.15) is 0 Å². The Bertz CT molecular complexity index is 546. The molecule has 0 N–H and O–H groups in total. The molecule has 0 fully saturated rings. The quantitative estimate of drug-likeness (QED) is 0.419. The van der Waals surface area contributed by atoms with E-state index in [1.165, 1.54) is 29.9 Å². The lowest BCUT2D eigenvalue weighted by molar-refractivity contribution is -0.134. The van der Waals surface area contributed by atoms with Crippen molar-refractivity contribution in [3.05, 3.63) is 59.2 Å². The number of hydrogen-bond donors (Lipinski definition) is 0. The molecule has 0 spiro atoms. The average molecular weight is 319 g/mol. The number of halogens is 1. The first-order chi connectivity index (χ1) is 10.7. The summed E-state index contributed by atoms with van der Waals surface area (Å²) >= 11 is 5.86. The van der Waals surface area contributed by atoms with Gasteiger partial charge in [-0.15, -0.1) is 11.6 Å². The molecule has 1 unspecified atom stereocenters. The Morgan fingerprint density at radius 1 is 1.36 bits per heavy atom. The summed E-state index contributed by atoms with van der Waals surface area (Å²) < 4.78 is 4.68. The molecule has 0 saturated carbocycles. The Morgan fingerprint density at radius 3 is 2.82 bits per heavy atom. The van der Waals surface area contributed by atoms with E-state index in [2.05, 4.69) is 35.1 Å². The van der Waals surface area contributed by atoms with E-state index in [9.17, 15) is 4.79 Å². The van der Waals surface area contributed by atoms with Crippen LogP contribution in [0, 0.1) is 0 Å². The fraction of sp³-hybridized carbons (Fsp3) is 0.421. The molecule has 0 heterocycles. The van der Waals surface area contributed by atoms with Crippen LogP contribution in [0.15, 0.2) is 53.6 Å². The van der Waals surface area contributed by atoms with Crippen molar-refractivity contribution in [2.75, 3.05) is 13.0 Å². The van der Waals surface area contributed by atoms with Crippen LogP contribution in [0.3, 0.4) is 0 Å². The summed E-state index contributed by atoms with van der Waals surface area (Å²) in [5.74, 6) is 0.948. The Labute approximate surface area is 137 Å². The number of carbonyl (C=O) groups is 1. The van der Waals surface area contributed by atoms with Gasteiger partial charge in [0.1, 0.15) is 0 Å². The maximum atomic E-state index is 11.3. The first-order valence-electron chi connectivity index (χ1n) is 7.82. The largest absolute Gasteiger partial charge is 0.466 e. The summed E-state index contributed by atoms with van der Waals surface area (Å²) in [6.07, 6.45) is 8.62. The molecule has 22 heavy (non-hydrogen) atoms. The van der Waals surface area contributed by atoms with Crippen molar-refractivity contribution in [3.63, 3.8) is 0 Å². The molecule has 118 valence electrons. The van der Waals surface area contributed by atoms with Crippen molar-refractivity contribution >= 4 is 17.6 Å². The molecule has 0 amide bonds. The lowest BCUT2D eigenvalue weighted by atomic mass is 9.78. The molecule has 0 radical (unpaired) electrons. The van der Waals surface area contributed by atoms with Crippen molar-refractivity contribution in [1.29, 1.82) is 0 Å². The van der Waals surface area contributed by atoms with Gasteiger partial charge in [-0.05, 0) is 49.2 Å². The maximum Gasteiger partial charge on any atom is 0.330 e. The molecule has 0 saturated heterocycles. The summed E-state index contributed by atoms with van der Waals surface area (Å²) in [5.41, 5.74) is 4.12. The van der Waals surface area contributed by atoms with Crippen LogP contribution in [-0.2, 0) is 9.53 Å². The standard InChI is InChI=1S/C19H23ClO2/c1-22-19(21)12-11-16-9-10-18(14-17(16)8-5-13-20)15-6-3-2-4-7-15/h2-4,6-7,11-12,18H,5,8-10,13-14H2,1H3/b12-11+. The van der Waals surface area contributed by atoms with Crippen LogP contribution in [0.5, 0.6) is 0 Å². The zero-order valence-electron chi connectivity index (χ0n) is 13.1. The third kappa shape index (κ3) is 4.74. The van der Waals surface area contributed by atoms with E-state index < -0.39 is 0 Å². The Hall–Kier alpha value is -1.54. The van der Waals surface area contributed by atoms with Gasteiger partial charge in [0.25, 0.3) is 0 Å². The van der Waals surface area contributed by atoms with Crippen LogP contribution >= 0.6 is 11.6 Å². The van der Waals surface area contributed by atoms with E-state index in [0.29, 0.717) is 11.8 Å². The number of rotatable bonds is 6. The molecule has 1 aromatic rings. The highest BCUT2D eigenvalue weighted by Crippen LogP contribution is 2.38. The van der Waals surface area contributed by atoms with Gasteiger partial charge >= 0.3 is 5.97 Å². The van der Waals surface area contributed by atoms with Gasteiger partial charge in [0.2, 0.25) is 0 Å². The summed E-state index contributed by atoms with van der Waals surface area (Å²) in [6, 6.07) is 10.7. The maximum absolute atomic E-state index is 11.3. The molecule has 1 aliphatic carbocycles. The summed E-state index contributed by atoms with van der Waals surface area (Å²) in [7, 11) is 1.40. The lowest BCUT2D eigenvalue weighted by Crippen LogP contribution is -2.09. The van der Waals surface area contributed by atoms with Gasteiger partial charge in [-0.3, -0.25) is 0 Å². The molecule has 1 aliphatic rings. The van der Waals surface area contributed by atoms with Crippen LogP contribution in [0.1, 0.15) is 43.6 Å². The van der Waals surface area contributed by atoms with Gasteiger partial charge < -0.3 is 4.74 Å². The number of benzene rings is 1. The van der Waals surface area contributed by atoms with Crippen LogP contribution in [-0.4, -0.2) is 19.0 Å². The first kappa shape index (κ1) is 16.8. The topological polar surface area (TPSA) is 26.3 Å². The minimum Gasteiger partial charge on any atom is -0.466 e. The van der Waals surface area contributed by atoms with Crippen LogP contribution in [0.4, 0.5) is 0 Å². The summed E-state index contributed by atoms with van der Waals surface area (Å²) in [5, 5.41) is 0. The Balaban J connectivity index is 2.15. The Kier molecular flexibility index (Phi) is 6.73. The molecular formula is C19H23ClO2. The second-order valence-corrected chi connectivity index (χ2v) is 6.01. The number of ether oxygens (including phenoxy) is 1. The predicted octanol–water partition coefficient (Wildman–Crippen LogP) is 5.00. The van der Waals surface area contributed by atoms with Gasteiger partial charge in [0.15, 0.2) is 0 Å². The summed E-state index contributed by atoms with van der Waals surface area (Å²) in [4.78, 5) is 11.3. The first-order valence-corrected chi connectivity index (χ1v) is 8.36. The molecule has 0 aliphatic heterocycles.